The van der Waals surface area contributed by atoms with E-state index in [1.807, 2.05) is 22.9 Å². The lowest BCUT2D eigenvalue weighted by atomic mass is 9.85. The Labute approximate surface area is 151 Å². The van der Waals surface area contributed by atoms with Crippen molar-refractivity contribution in [3.63, 3.8) is 0 Å². The molecule has 0 fully saturated rings. The maximum atomic E-state index is 12.4. The number of benzene rings is 2. The van der Waals surface area contributed by atoms with Gasteiger partial charge in [-0.05, 0) is 55.8 Å². The van der Waals surface area contributed by atoms with Gasteiger partial charge in [0, 0.05) is 29.3 Å². The Balaban J connectivity index is 1.71. The van der Waals surface area contributed by atoms with Crippen LogP contribution in [0, 0.1) is 0 Å². The van der Waals surface area contributed by atoms with Crippen molar-refractivity contribution in [3.8, 4) is 5.69 Å². The first-order chi connectivity index (χ1) is 12.4. The molecule has 2 aromatic carbocycles. The summed E-state index contributed by atoms with van der Waals surface area (Å²) >= 11 is 0. The van der Waals surface area contributed by atoms with Crippen LogP contribution in [0.5, 0.6) is 0 Å². The molecule has 0 aliphatic carbocycles. The molecule has 2 N–H and O–H groups in total. The summed E-state index contributed by atoms with van der Waals surface area (Å²) < 4.78 is 1.85. The largest absolute Gasteiger partial charge is 0.481 e. The van der Waals surface area contributed by atoms with Crippen LogP contribution in [0.2, 0.25) is 0 Å². The Morgan fingerprint density at radius 2 is 1.69 bits per heavy atom. The molecule has 0 unspecified atom stereocenters. The quantitative estimate of drug-likeness (QED) is 0.738. The third-order valence-corrected chi connectivity index (χ3v) is 4.33. The first kappa shape index (κ1) is 17.4. The Bertz CT molecular complexity index is 912. The van der Waals surface area contributed by atoms with E-state index >= 15 is 0 Å². The molecule has 0 bridgehead atoms. The number of nitrogens with one attached hydrogen (secondary N) is 1. The molecular formula is C20H19N3O3. The van der Waals surface area contributed by atoms with Crippen molar-refractivity contribution in [1.82, 2.24) is 9.55 Å². The number of aliphatic carboxylic acids is 1. The average Bonchev–Trinajstić information content (AvgIpc) is 3.17. The maximum Gasteiger partial charge on any atom is 0.313 e. The van der Waals surface area contributed by atoms with Gasteiger partial charge in [-0.2, -0.15) is 0 Å². The number of hydrogen-bond acceptors (Lipinski definition) is 3. The Morgan fingerprint density at radius 1 is 1.04 bits per heavy atom. The minimum atomic E-state index is -0.980. The summed E-state index contributed by atoms with van der Waals surface area (Å²) in [6, 6.07) is 14.0. The first-order valence-corrected chi connectivity index (χ1v) is 8.11. The Hall–Kier alpha value is -3.41. The molecule has 0 spiro atoms. The molecule has 6 nitrogen and oxygen atoms in total. The van der Waals surface area contributed by atoms with Gasteiger partial charge in [-0.1, -0.05) is 12.1 Å². The van der Waals surface area contributed by atoms with Crippen LogP contribution in [0.1, 0.15) is 29.8 Å². The molecule has 0 saturated carbocycles. The van der Waals surface area contributed by atoms with Gasteiger partial charge in [0.1, 0.15) is 0 Å². The third kappa shape index (κ3) is 3.49. The van der Waals surface area contributed by atoms with Crippen LogP contribution in [0.3, 0.4) is 0 Å². The minimum absolute atomic E-state index is 0.229. The molecule has 1 amide bonds. The lowest BCUT2D eigenvalue weighted by Gasteiger charge is -2.19. The minimum Gasteiger partial charge on any atom is -0.481 e. The summed E-state index contributed by atoms with van der Waals surface area (Å²) in [6.45, 7) is 3.29. The smallest absolute Gasteiger partial charge is 0.313 e. The molecule has 0 atom stereocenters. The number of carboxylic acids is 1. The highest BCUT2D eigenvalue weighted by molar-refractivity contribution is 6.04. The van der Waals surface area contributed by atoms with Gasteiger partial charge in [0.15, 0.2) is 0 Å². The number of hydrogen-bond donors (Lipinski definition) is 2. The summed E-state index contributed by atoms with van der Waals surface area (Å²) in [4.78, 5) is 27.7. The number of carbonyl (C=O) groups excluding carboxylic acids is 1. The van der Waals surface area contributed by atoms with Crippen molar-refractivity contribution in [1.29, 1.82) is 0 Å². The standard InChI is InChI=1S/C20H19N3O3/c1-20(2,19(25)26)15-5-7-16(8-6-15)22-18(24)14-3-9-17(10-4-14)23-12-11-21-13-23/h3-13H,1-2H3,(H,22,24)(H,25,26). The first-order valence-electron chi connectivity index (χ1n) is 8.11. The molecule has 0 radical (unpaired) electrons. The van der Waals surface area contributed by atoms with Crippen molar-refractivity contribution in [2.45, 2.75) is 19.3 Å². The molecular weight excluding hydrogens is 330 g/mol. The molecule has 1 aromatic heterocycles. The van der Waals surface area contributed by atoms with Crippen LogP contribution < -0.4 is 5.32 Å². The molecule has 26 heavy (non-hydrogen) atoms. The van der Waals surface area contributed by atoms with E-state index in [1.165, 1.54) is 0 Å². The fraction of sp³-hybridized carbons (Fsp3) is 0.150. The van der Waals surface area contributed by atoms with E-state index in [0.29, 0.717) is 16.8 Å². The Kier molecular flexibility index (Phi) is 4.58. The van der Waals surface area contributed by atoms with Gasteiger partial charge in [-0.3, -0.25) is 9.59 Å². The average molecular weight is 349 g/mol. The second kappa shape index (κ2) is 6.84. The van der Waals surface area contributed by atoms with Crippen LogP contribution in [-0.2, 0) is 10.2 Å². The van der Waals surface area contributed by atoms with Gasteiger partial charge >= 0.3 is 5.97 Å². The van der Waals surface area contributed by atoms with Crippen molar-refractivity contribution in [2.24, 2.45) is 0 Å². The molecule has 132 valence electrons. The van der Waals surface area contributed by atoms with Crippen molar-refractivity contribution in [2.75, 3.05) is 5.32 Å². The number of carboxylic acid groups (broad SMARTS) is 1. The van der Waals surface area contributed by atoms with E-state index in [4.69, 9.17) is 0 Å². The van der Waals surface area contributed by atoms with Gasteiger partial charge in [-0.25, -0.2) is 4.98 Å². The number of carbonyl (C=O) groups is 2. The van der Waals surface area contributed by atoms with Gasteiger partial charge in [0.05, 0.1) is 11.7 Å². The predicted molar refractivity (Wildman–Crippen MR) is 98.6 cm³/mol. The van der Waals surface area contributed by atoms with E-state index in [1.54, 1.807) is 62.8 Å². The Morgan fingerprint density at radius 3 is 2.23 bits per heavy atom. The van der Waals surface area contributed by atoms with E-state index in [9.17, 15) is 14.7 Å². The topological polar surface area (TPSA) is 84.2 Å². The molecule has 3 aromatic rings. The monoisotopic (exact) mass is 349 g/mol. The number of imidazole rings is 1. The highest BCUT2D eigenvalue weighted by atomic mass is 16.4. The summed E-state index contributed by atoms with van der Waals surface area (Å²) in [7, 11) is 0. The van der Waals surface area contributed by atoms with Crippen LogP contribution in [0.25, 0.3) is 5.69 Å². The fourth-order valence-corrected chi connectivity index (χ4v) is 2.49. The van der Waals surface area contributed by atoms with Crippen molar-refractivity contribution in [3.05, 3.63) is 78.4 Å². The molecule has 3 rings (SSSR count). The number of aromatic nitrogens is 2. The van der Waals surface area contributed by atoms with Gasteiger partial charge < -0.3 is 15.0 Å². The summed E-state index contributed by atoms with van der Waals surface area (Å²) in [5.74, 6) is -1.13. The van der Waals surface area contributed by atoms with E-state index in [2.05, 4.69) is 10.3 Å². The molecule has 1 heterocycles. The zero-order valence-electron chi connectivity index (χ0n) is 14.5. The molecule has 0 aliphatic heterocycles. The van der Waals surface area contributed by atoms with Crippen LogP contribution in [0.15, 0.2) is 67.3 Å². The summed E-state index contributed by atoms with van der Waals surface area (Å²) in [6.07, 6.45) is 5.21. The van der Waals surface area contributed by atoms with Crippen LogP contribution in [-0.4, -0.2) is 26.5 Å². The summed E-state index contributed by atoms with van der Waals surface area (Å²) in [5.41, 5.74) is 1.75. The predicted octanol–water partition coefficient (Wildman–Crippen LogP) is 3.49. The van der Waals surface area contributed by atoms with Crippen LogP contribution in [0.4, 0.5) is 5.69 Å². The normalized spacial score (nSPS) is 11.2. The maximum absolute atomic E-state index is 12.4. The van der Waals surface area contributed by atoms with Crippen molar-refractivity contribution < 1.29 is 14.7 Å². The fourth-order valence-electron chi connectivity index (χ4n) is 2.49. The highest BCUT2D eigenvalue weighted by Crippen LogP contribution is 2.25. The molecule has 6 heteroatoms. The third-order valence-electron chi connectivity index (χ3n) is 4.33. The van der Waals surface area contributed by atoms with E-state index in [-0.39, 0.29) is 5.91 Å². The second-order valence-corrected chi connectivity index (χ2v) is 6.48. The van der Waals surface area contributed by atoms with Crippen molar-refractivity contribution >= 4 is 17.6 Å². The highest BCUT2D eigenvalue weighted by Gasteiger charge is 2.29. The van der Waals surface area contributed by atoms with Gasteiger partial charge in [0.25, 0.3) is 5.91 Å². The SMILES string of the molecule is CC(C)(C(=O)O)c1ccc(NC(=O)c2ccc(-n3ccnc3)cc2)cc1. The number of amides is 1. The second-order valence-electron chi connectivity index (χ2n) is 6.48. The lowest BCUT2D eigenvalue weighted by Crippen LogP contribution is -2.28. The van der Waals surface area contributed by atoms with Crippen LogP contribution >= 0.6 is 0 Å². The van der Waals surface area contributed by atoms with Gasteiger partial charge in [0.2, 0.25) is 0 Å². The summed E-state index contributed by atoms with van der Waals surface area (Å²) in [5, 5.41) is 12.1. The zero-order chi connectivity index (χ0) is 18.7. The lowest BCUT2D eigenvalue weighted by molar-refractivity contribution is -0.142. The van der Waals surface area contributed by atoms with E-state index in [0.717, 1.165) is 5.69 Å². The number of rotatable bonds is 5. The number of nitrogens with zero attached hydrogens (tertiary/aromatic N) is 2. The van der Waals surface area contributed by atoms with E-state index < -0.39 is 11.4 Å². The molecule has 0 aliphatic rings. The zero-order valence-corrected chi connectivity index (χ0v) is 14.5. The number of anilines is 1. The van der Waals surface area contributed by atoms with Gasteiger partial charge in [-0.15, -0.1) is 0 Å². The molecule has 0 saturated heterocycles.